The summed E-state index contributed by atoms with van der Waals surface area (Å²) in [6.07, 6.45) is 6.98. The molecule has 0 amide bonds. The van der Waals surface area contributed by atoms with Gasteiger partial charge in [0.2, 0.25) is 0 Å². The van der Waals surface area contributed by atoms with Gasteiger partial charge in [0, 0.05) is 5.92 Å². The Morgan fingerprint density at radius 2 is 0.892 bits per heavy atom. The molecule has 172 valence electrons. The van der Waals surface area contributed by atoms with E-state index in [0.29, 0.717) is 0 Å². The SMILES string of the molecule is C(/C=C/C1c2ccc3ccccc3c2-c2c1ccc1ccccc21)=C1c2ccccc2-c2ccccc21. The highest BCUT2D eigenvalue weighted by Gasteiger charge is 2.30. The standard InChI is InChI=1S/C37H24/c1-3-12-26-24(10-1)20-22-34-33(35-23-21-25-11-2-4-13-27(25)37(35)36(26)34)19-9-18-32-30-16-7-5-14-28(30)29-15-6-8-17-31(29)32/h1-23,33H/b19-9+. The van der Waals surface area contributed by atoms with E-state index in [0.717, 1.165) is 0 Å². The molecule has 0 saturated carbocycles. The first-order valence-corrected chi connectivity index (χ1v) is 13.0. The van der Waals surface area contributed by atoms with Gasteiger partial charge in [-0.15, -0.1) is 0 Å². The van der Waals surface area contributed by atoms with E-state index in [9.17, 15) is 0 Å². The Morgan fingerprint density at radius 1 is 0.432 bits per heavy atom. The lowest BCUT2D eigenvalue weighted by Crippen LogP contribution is -1.92. The van der Waals surface area contributed by atoms with Crippen molar-refractivity contribution in [2.24, 2.45) is 0 Å². The Kier molecular flexibility index (Phi) is 4.39. The Hall–Kier alpha value is -4.68. The highest BCUT2D eigenvalue weighted by Crippen LogP contribution is 2.51. The summed E-state index contributed by atoms with van der Waals surface area (Å²) in [5.41, 5.74) is 12.2. The van der Waals surface area contributed by atoms with Gasteiger partial charge < -0.3 is 0 Å². The highest BCUT2D eigenvalue weighted by atomic mass is 14.3. The smallest absolute Gasteiger partial charge is 0.0285 e. The summed E-state index contributed by atoms with van der Waals surface area (Å²) in [6, 6.07) is 44.4. The molecule has 0 nitrogen and oxygen atoms in total. The molecule has 0 radical (unpaired) electrons. The van der Waals surface area contributed by atoms with Gasteiger partial charge in [0.05, 0.1) is 0 Å². The molecule has 8 rings (SSSR count). The summed E-state index contributed by atoms with van der Waals surface area (Å²) in [4.78, 5) is 0. The van der Waals surface area contributed by atoms with Crippen molar-refractivity contribution >= 4 is 27.1 Å². The normalized spacial score (nSPS) is 13.7. The quantitative estimate of drug-likeness (QED) is 0.237. The first kappa shape index (κ1) is 20.5. The van der Waals surface area contributed by atoms with Crippen molar-refractivity contribution in [3.05, 3.63) is 162 Å². The number of hydrogen-bond donors (Lipinski definition) is 0. The zero-order chi connectivity index (χ0) is 24.3. The second kappa shape index (κ2) is 7.91. The number of rotatable bonds is 2. The molecule has 6 aromatic carbocycles. The minimum atomic E-state index is 0.225. The van der Waals surface area contributed by atoms with E-state index in [1.54, 1.807) is 0 Å². The van der Waals surface area contributed by atoms with Gasteiger partial charge in [0.15, 0.2) is 0 Å². The lowest BCUT2D eigenvalue weighted by molar-refractivity contribution is 1.07. The van der Waals surface area contributed by atoms with Crippen LogP contribution in [0.25, 0.3) is 49.4 Å². The molecule has 2 aliphatic carbocycles. The van der Waals surface area contributed by atoms with Gasteiger partial charge in [-0.05, 0) is 71.6 Å². The maximum Gasteiger partial charge on any atom is 0.0285 e. The molecule has 0 fully saturated rings. The maximum atomic E-state index is 2.39. The second-order valence-corrected chi connectivity index (χ2v) is 10.0. The van der Waals surface area contributed by atoms with Crippen LogP contribution in [0.2, 0.25) is 0 Å². The fourth-order valence-corrected chi connectivity index (χ4v) is 6.52. The van der Waals surface area contributed by atoms with E-state index >= 15 is 0 Å². The van der Waals surface area contributed by atoms with Gasteiger partial charge in [-0.25, -0.2) is 0 Å². The van der Waals surface area contributed by atoms with Crippen LogP contribution < -0.4 is 0 Å². The second-order valence-electron chi connectivity index (χ2n) is 10.0. The Balaban J connectivity index is 1.32. The summed E-state index contributed by atoms with van der Waals surface area (Å²) in [6.45, 7) is 0. The lowest BCUT2D eigenvalue weighted by Gasteiger charge is -2.09. The fraction of sp³-hybridized carbons (Fsp3) is 0.0270. The van der Waals surface area contributed by atoms with Crippen molar-refractivity contribution in [1.82, 2.24) is 0 Å². The summed E-state index contributed by atoms with van der Waals surface area (Å²) in [7, 11) is 0. The van der Waals surface area contributed by atoms with E-state index in [2.05, 4.69) is 140 Å². The summed E-state index contributed by atoms with van der Waals surface area (Å²) in [5.74, 6) is 0.225. The molecular formula is C37H24. The van der Waals surface area contributed by atoms with Crippen LogP contribution in [-0.4, -0.2) is 0 Å². The first-order chi connectivity index (χ1) is 18.4. The van der Waals surface area contributed by atoms with Crippen LogP contribution in [0.15, 0.2) is 140 Å². The van der Waals surface area contributed by atoms with Gasteiger partial charge in [0.1, 0.15) is 0 Å². The fourth-order valence-electron chi connectivity index (χ4n) is 6.52. The summed E-state index contributed by atoms with van der Waals surface area (Å²) >= 11 is 0. The molecule has 0 spiro atoms. The molecule has 0 heterocycles. The molecule has 0 heteroatoms. The predicted molar refractivity (Wildman–Crippen MR) is 157 cm³/mol. The van der Waals surface area contributed by atoms with Crippen LogP contribution in [0.4, 0.5) is 0 Å². The van der Waals surface area contributed by atoms with E-state index in [4.69, 9.17) is 0 Å². The topological polar surface area (TPSA) is 0 Å². The Bertz CT molecular complexity index is 1800. The summed E-state index contributed by atoms with van der Waals surface area (Å²) in [5, 5.41) is 5.27. The first-order valence-electron chi connectivity index (χ1n) is 13.0. The summed E-state index contributed by atoms with van der Waals surface area (Å²) < 4.78 is 0. The Labute approximate surface area is 216 Å². The molecule has 0 atom stereocenters. The predicted octanol–water partition coefficient (Wildman–Crippen LogP) is 9.77. The van der Waals surface area contributed by atoms with E-state index in [1.807, 2.05) is 0 Å². The molecule has 0 unspecified atom stereocenters. The molecule has 0 aliphatic heterocycles. The van der Waals surface area contributed by atoms with E-state index < -0.39 is 0 Å². The molecule has 37 heavy (non-hydrogen) atoms. The highest BCUT2D eigenvalue weighted by molar-refractivity contribution is 6.10. The number of hydrogen-bond acceptors (Lipinski definition) is 0. The van der Waals surface area contributed by atoms with Crippen LogP contribution in [0.3, 0.4) is 0 Å². The van der Waals surface area contributed by atoms with Crippen molar-refractivity contribution in [2.45, 2.75) is 5.92 Å². The van der Waals surface area contributed by atoms with E-state index in [1.165, 1.54) is 71.6 Å². The molecule has 0 saturated heterocycles. The average Bonchev–Trinajstić information content (AvgIpc) is 3.46. The minimum absolute atomic E-state index is 0.225. The third kappa shape index (κ3) is 2.96. The average molecular weight is 469 g/mol. The number of allylic oxidation sites excluding steroid dienone is 3. The zero-order valence-electron chi connectivity index (χ0n) is 20.4. The minimum Gasteiger partial charge on any atom is -0.0726 e. The molecular weight excluding hydrogens is 444 g/mol. The number of fused-ring (bicyclic) bond motifs is 10. The third-order valence-electron chi connectivity index (χ3n) is 8.13. The van der Waals surface area contributed by atoms with Crippen LogP contribution in [-0.2, 0) is 0 Å². The monoisotopic (exact) mass is 468 g/mol. The third-order valence-corrected chi connectivity index (χ3v) is 8.13. The zero-order valence-corrected chi connectivity index (χ0v) is 20.4. The van der Waals surface area contributed by atoms with Crippen LogP contribution in [0.5, 0.6) is 0 Å². The van der Waals surface area contributed by atoms with Gasteiger partial charge >= 0.3 is 0 Å². The molecule has 0 bridgehead atoms. The van der Waals surface area contributed by atoms with Crippen molar-refractivity contribution in [2.75, 3.05) is 0 Å². The van der Waals surface area contributed by atoms with Crippen molar-refractivity contribution in [3.8, 4) is 22.3 Å². The molecule has 6 aromatic rings. The van der Waals surface area contributed by atoms with Crippen molar-refractivity contribution < 1.29 is 0 Å². The molecule has 0 aromatic heterocycles. The van der Waals surface area contributed by atoms with Crippen molar-refractivity contribution in [1.29, 1.82) is 0 Å². The lowest BCUT2D eigenvalue weighted by atomic mass is 9.94. The maximum absolute atomic E-state index is 2.39. The molecule has 2 aliphatic rings. The van der Waals surface area contributed by atoms with Crippen LogP contribution >= 0.6 is 0 Å². The number of benzene rings is 6. The van der Waals surface area contributed by atoms with Gasteiger partial charge in [-0.1, -0.05) is 140 Å². The van der Waals surface area contributed by atoms with Gasteiger partial charge in [-0.2, -0.15) is 0 Å². The van der Waals surface area contributed by atoms with Crippen LogP contribution in [0.1, 0.15) is 28.2 Å². The van der Waals surface area contributed by atoms with Gasteiger partial charge in [0.25, 0.3) is 0 Å². The van der Waals surface area contributed by atoms with Crippen molar-refractivity contribution in [3.63, 3.8) is 0 Å². The van der Waals surface area contributed by atoms with Crippen LogP contribution in [0, 0.1) is 0 Å². The van der Waals surface area contributed by atoms with E-state index in [-0.39, 0.29) is 5.92 Å². The molecule has 0 N–H and O–H groups in total. The van der Waals surface area contributed by atoms with Gasteiger partial charge in [-0.3, -0.25) is 0 Å². The Morgan fingerprint density at radius 3 is 1.43 bits per heavy atom. The largest absolute Gasteiger partial charge is 0.0726 e.